The van der Waals surface area contributed by atoms with Crippen LogP contribution in [0, 0.1) is 5.92 Å². The van der Waals surface area contributed by atoms with Crippen LogP contribution < -0.4 is 5.32 Å². The van der Waals surface area contributed by atoms with Crippen molar-refractivity contribution in [3.05, 3.63) is 23.4 Å². The second-order valence-corrected chi connectivity index (χ2v) is 5.43. The second-order valence-electron chi connectivity index (χ2n) is 5.43. The molecule has 0 aliphatic carbocycles. The zero-order valence-corrected chi connectivity index (χ0v) is 13.4. The van der Waals surface area contributed by atoms with Crippen molar-refractivity contribution in [3.8, 4) is 0 Å². The highest BCUT2D eigenvalue weighted by atomic mass is 16.2. The maximum absolute atomic E-state index is 12.5. The predicted octanol–water partition coefficient (Wildman–Crippen LogP) is 3.19. The summed E-state index contributed by atoms with van der Waals surface area (Å²) < 4.78 is 0. The number of anilines is 1. The molecular formula is C16H27N3O. The van der Waals surface area contributed by atoms with Crippen molar-refractivity contribution in [2.45, 2.75) is 40.0 Å². The van der Waals surface area contributed by atoms with Crippen molar-refractivity contribution in [3.63, 3.8) is 0 Å². The number of amides is 1. The van der Waals surface area contributed by atoms with Crippen LogP contribution in [0.25, 0.3) is 0 Å². The number of carbonyl (C=O) groups excluding carboxylic acids is 1. The number of rotatable bonds is 7. The summed E-state index contributed by atoms with van der Waals surface area (Å²) >= 11 is 0. The summed E-state index contributed by atoms with van der Waals surface area (Å²) in [5, 5.41) is 3.03. The molecule has 1 aromatic rings. The molecule has 0 aliphatic heterocycles. The van der Waals surface area contributed by atoms with Crippen LogP contribution in [0.5, 0.6) is 0 Å². The molecule has 0 aromatic carbocycles. The van der Waals surface area contributed by atoms with Crippen LogP contribution in [0.3, 0.4) is 0 Å². The molecule has 1 amide bonds. The van der Waals surface area contributed by atoms with Crippen LogP contribution in [0.4, 0.5) is 5.82 Å². The number of aryl methyl sites for hydroxylation is 1. The fourth-order valence-corrected chi connectivity index (χ4v) is 2.12. The van der Waals surface area contributed by atoms with E-state index in [1.165, 1.54) is 0 Å². The standard InChI is InChI=1S/C16H27N3O/c1-6-8-14-9-13(10-15(17-4)18-14)16(20)19(5)11-12(3)7-2/h9-10,12H,6-8,11H2,1-5H3,(H,17,18). The van der Waals surface area contributed by atoms with Crippen LogP contribution in [-0.2, 0) is 6.42 Å². The van der Waals surface area contributed by atoms with Gasteiger partial charge in [-0.25, -0.2) is 4.98 Å². The molecule has 0 aliphatic rings. The second kappa shape index (κ2) is 7.88. The largest absolute Gasteiger partial charge is 0.373 e. The summed E-state index contributed by atoms with van der Waals surface area (Å²) in [5.74, 6) is 1.35. The third kappa shape index (κ3) is 4.51. The third-order valence-corrected chi connectivity index (χ3v) is 3.52. The van der Waals surface area contributed by atoms with E-state index in [0.29, 0.717) is 5.92 Å². The highest BCUT2D eigenvalue weighted by molar-refractivity contribution is 5.94. The van der Waals surface area contributed by atoms with Gasteiger partial charge in [0.25, 0.3) is 5.91 Å². The van der Waals surface area contributed by atoms with Crippen LogP contribution in [-0.4, -0.2) is 36.4 Å². The first-order valence-electron chi connectivity index (χ1n) is 7.45. The Kier molecular flexibility index (Phi) is 6.49. The van der Waals surface area contributed by atoms with E-state index in [4.69, 9.17) is 0 Å². The molecule has 0 saturated carbocycles. The fourth-order valence-electron chi connectivity index (χ4n) is 2.12. The average Bonchev–Trinajstić information content (AvgIpc) is 2.46. The monoisotopic (exact) mass is 277 g/mol. The summed E-state index contributed by atoms with van der Waals surface area (Å²) in [5.41, 5.74) is 1.69. The van der Waals surface area contributed by atoms with Gasteiger partial charge in [-0.2, -0.15) is 0 Å². The number of pyridine rings is 1. The first-order valence-corrected chi connectivity index (χ1v) is 7.45. The first-order chi connectivity index (χ1) is 9.51. The lowest BCUT2D eigenvalue weighted by molar-refractivity contribution is 0.0774. The van der Waals surface area contributed by atoms with Gasteiger partial charge in [-0.05, 0) is 24.5 Å². The topological polar surface area (TPSA) is 45.2 Å². The molecule has 20 heavy (non-hydrogen) atoms. The minimum Gasteiger partial charge on any atom is -0.373 e. The molecule has 1 heterocycles. The van der Waals surface area contributed by atoms with Crippen LogP contribution >= 0.6 is 0 Å². The normalized spacial score (nSPS) is 12.1. The van der Waals surface area contributed by atoms with Crippen LogP contribution in [0.15, 0.2) is 12.1 Å². The zero-order chi connectivity index (χ0) is 15.1. The highest BCUT2D eigenvalue weighted by Crippen LogP contribution is 2.14. The summed E-state index contributed by atoms with van der Waals surface area (Å²) in [7, 11) is 3.70. The fraction of sp³-hybridized carbons (Fsp3) is 0.625. The Morgan fingerprint density at radius 2 is 2.10 bits per heavy atom. The van der Waals surface area contributed by atoms with E-state index in [2.05, 4.69) is 31.1 Å². The Morgan fingerprint density at radius 3 is 2.65 bits per heavy atom. The molecule has 1 rings (SSSR count). The van der Waals surface area contributed by atoms with E-state index >= 15 is 0 Å². The maximum Gasteiger partial charge on any atom is 0.253 e. The summed E-state index contributed by atoms with van der Waals surface area (Å²) in [6.07, 6.45) is 3.00. The lowest BCUT2D eigenvalue weighted by atomic mass is 10.1. The predicted molar refractivity (Wildman–Crippen MR) is 84.2 cm³/mol. The number of hydrogen-bond donors (Lipinski definition) is 1. The lowest BCUT2D eigenvalue weighted by Crippen LogP contribution is -2.31. The minimum atomic E-state index is 0.0709. The van der Waals surface area contributed by atoms with Crippen molar-refractivity contribution in [2.75, 3.05) is 26.0 Å². The van der Waals surface area contributed by atoms with E-state index in [0.717, 1.165) is 42.9 Å². The zero-order valence-electron chi connectivity index (χ0n) is 13.4. The quantitative estimate of drug-likeness (QED) is 0.832. The molecule has 0 spiro atoms. The smallest absolute Gasteiger partial charge is 0.253 e. The van der Waals surface area contributed by atoms with Crippen LogP contribution in [0.1, 0.15) is 49.7 Å². The first kappa shape index (κ1) is 16.5. The van der Waals surface area contributed by atoms with Gasteiger partial charge < -0.3 is 10.2 Å². The molecule has 1 unspecified atom stereocenters. The highest BCUT2D eigenvalue weighted by Gasteiger charge is 2.15. The number of carbonyl (C=O) groups is 1. The molecule has 1 N–H and O–H groups in total. The Bertz CT molecular complexity index is 445. The maximum atomic E-state index is 12.5. The molecule has 1 atom stereocenters. The Hall–Kier alpha value is -1.58. The molecular weight excluding hydrogens is 250 g/mol. The van der Waals surface area contributed by atoms with Gasteiger partial charge in [0.15, 0.2) is 0 Å². The van der Waals surface area contributed by atoms with E-state index in [1.54, 1.807) is 4.90 Å². The van der Waals surface area contributed by atoms with Crippen molar-refractivity contribution >= 4 is 11.7 Å². The third-order valence-electron chi connectivity index (χ3n) is 3.52. The van der Waals surface area contributed by atoms with Crippen molar-refractivity contribution < 1.29 is 4.79 Å². The van der Waals surface area contributed by atoms with Gasteiger partial charge >= 0.3 is 0 Å². The summed E-state index contributed by atoms with van der Waals surface area (Å²) in [6.45, 7) is 7.21. The van der Waals surface area contributed by atoms with Gasteiger partial charge in [0.05, 0.1) is 0 Å². The van der Waals surface area contributed by atoms with Gasteiger partial charge in [0, 0.05) is 31.9 Å². The van der Waals surface area contributed by atoms with Crippen molar-refractivity contribution in [2.24, 2.45) is 5.92 Å². The molecule has 1 aromatic heterocycles. The van der Waals surface area contributed by atoms with Crippen molar-refractivity contribution in [1.82, 2.24) is 9.88 Å². The minimum absolute atomic E-state index is 0.0709. The van der Waals surface area contributed by atoms with E-state index < -0.39 is 0 Å². The summed E-state index contributed by atoms with van der Waals surface area (Å²) in [6, 6.07) is 3.74. The van der Waals surface area contributed by atoms with Crippen LogP contribution in [0.2, 0.25) is 0 Å². The van der Waals surface area contributed by atoms with E-state index in [1.807, 2.05) is 26.2 Å². The van der Waals surface area contributed by atoms with E-state index in [-0.39, 0.29) is 5.91 Å². The summed E-state index contributed by atoms with van der Waals surface area (Å²) in [4.78, 5) is 18.8. The lowest BCUT2D eigenvalue weighted by Gasteiger charge is -2.21. The molecule has 0 fully saturated rings. The van der Waals surface area contributed by atoms with Gasteiger partial charge in [0.1, 0.15) is 5.82 Å². The number of nitrogens with one attached hydrogen (secondary N) is 1. The van der Waals surface area contributed by atoms with E-state index in [9.17, 15) is 4.79 Å². The van der Waals surface area contributed by atoms with Gasteiger partial charge in [-0.15, -0.1) is 0 Å². The molecule has 4 heteroatoms. The number of nitrogens with zero attached hydrogens (tertiary/aromatic N) is 2. The van der Waals surface area contributed by atoms with Gasteiger partial charge in [0.2, 0.25) is 0 Å². The Balaban J connectivity index is 2.93. The average molecular weight is 277 g/mol. The van der Waals surface area contributed by atoms with Gasteiger partial charge in [-0.1, -0.05) is 33.6 Å². The Morgan fingerprint density at radius 1 is 1.40 bits per heavy atom. The van der Waals surface area contributed by atoms with Gasteiger partial charge in [-0.3, -0.25) is 4.79 Å². The number of aromatic nitrogens is 1. The Labute approximate surface area is 122 Å². The molecule has 0 saturated heterocycles. The molecule has 112 valence electrons. The molecule has 4 nitrogen and oxygen atoms in total. The molecule has 0 bridgehead atoms. The molecule has 0 radical (unpaired) electrons. The SMILES string of the molecule is CCCc1cc(C(=O)N(C)CC(C)CC)cc(NC)n1. The van der Waals surface area contributed by atoms with Crippen molar-refractivity contribution in [1.29, 1.82) is 0 Å². The number of hydrogen-bond acceptors (Lipinski definition) is 3.